The maximum atomic E-state index is 14.9. The van der Waals surface area contributed by atoms with Gasteiger partial charge in [-0.05, 0) is 0 Å². The minimum atomic E-state index is -7.36. The Balaban J connectivity index is 1.14. The minimum absolute atomic E-state index is 0.0742. The molecule has 0 bridgehead atoms. The second-order valence-corrected chi connectivity index (χ2v) is 30.0. The molecule has 19 N–H and O–H groups in total. The number of ether oxygens (including phenoxy) is 3. The van der Waals surface area contributed by atoms with Gasteiger partial charge in [-0.3, -0.25) is 46.8 Å². The molecule has 0 aromatic carbocycles. The molecule has 3 aliphatic rings. The van der Waals surface area contributed by atoms with Gasteiger partial charge in [0, 0.05) is 12.3 Å². The van der Waals surface area contributed by atoms with Gasteiger partial charge in [-0.25, -0.2) is 61.3 Å². The number of fused-ring (bicyclic) bond motifs is 2. The number of phosphoric ester groups is 1. The van der Waals surface area contributed by atoms with E-state index in [9.17, 15) is 106 Å². The Kier molecular flexibility index (Phi) is 19.7. The topological polar surface area (TPSA) is 734 Å². The summed E-state index contributed by atoms with van der Waals surface area (Å²) in [4.78, 5) is 128. The molecule has 8 rings (SSSR count). The molecular formula is C29H42N12O37P8. The van der Waals surface area contributed by atoms with Crippen LogP contribution in [0.2, 0.25) is 0 Å². The third kappa shape index (κ3) is 15.9. The van der Waals surface area contributed by atoms with Crippen LogP contribution in [-0.4, -0.2) is 188 Å². The lowest BCUT2D eigenvalue weighted by molar-refractivity contribution is -0.0625. The van der Waals surface area contributed by atoms with Crippen molar-refractivity contribution >= 4 is 96.7 Å². The van der Waals surface area contributed by atoms with Crippen molar-refractivity contribution in [3.8, 4) is 0 Å². The SMILES string of the molecule is Nc1nc2c(ncn2[C@@H]2O[C@H](COP(=O)(OP(=O)(O)OP(=O)(O)OP(=O)(O)OP(=O)(O)O)OP(=O)(OP(=O)(O)O)OP(=O)(OC[C@H]3O[C@@H](n4ccc(=O)[nH]c4=O)[C@H](O)[C@@H]3O)OC[C@H]3O[C@@H](n4cnc5c(N)ncnc54)[C@H](O)[C@@H]3O)[C@@H](O)[C@H]2O)c(=O)[nH]1. The highest BCUT2D eigenvalue weighted by Crippen LogP contribution is 2.81. The number of rotatable bonds is 26. The van der Waals surface area contributed by atoms with Crippen LogP contribution in [0.15, 0.2) is 45.6 Å². The summed E-state index contributed by atoms with van der Waals surface area (Å²) in [7, 11) is -54.8. The zero-order valence-electron chi connectivity index (χ0n) is 41.4. The zero-order chi connectivity index (χ0) is 63.7. The molecule has 8 heterocycles. The molecule has 5 aromatic heterocycles. The summed E-state index contributed by atoms with van der Waals surface area (Å²) in [6.45, 7) is -4.98. The van der Waals surface area contributed by atoms with Gasteiger partial charge in [-0.1, -0.05) is 0 Å². The molecule has 49 nitrogen and oxygen atoms in total. The Bertz CT molecular complexity index is 3960. The molecule has 18 atom stereocenters. The van der Waals surface area contributed by atoms with Crippen molar-refractivity contribution in [1.29, 1.82) is 0 Å². The van der Waals surface area contributed by atoms with Gasteiger partial charge in [0.2, 0.25) is 5.95 Å². The molecule has 3 fully saturated rings. The second kappa shape index (κ2) is 25.0. The van der Waals surface area contributed by atoms with E-state index in [1.807, 2.05) is 0 Å². The number of aromatic nitrogens is 10. The normalized spacial score (nSPS) is 29.9. The summed E-state index contributed by atoms with van der Waals surface area (Å²) < 4.78 is 168. The number of hydrogen-bond donors (Lipinski definition) is 17. The number of nitrogen functional groups attached to an aromatic ring is 2. The van der Waals surface area contributed by atoms with Crippen LogP contribution < -0.4 is 28.3 Å². The van der Waals surface area contributed by atoms with E-state index in [-0.39, 0.29) is 17.0 Å². The van der Waals surface area contributed by atoms with E-state index in [2.05, 4.69) is 55.8 Å². The van der Waals surface area contributed by atoms with E-state index in [0.717, 1.165) is 40.4 Å². The molecule has 57 heteroatoms. The summed E-state index contributed by atoms with van der Waals surface area (Å²) >= 11 is 0. The first-order valence-electron chi connectivity index (χ1n) is 22.4. The second-order valence-electron chi connectivity index (χ2n) is 17.2. The van der Waals surface area contributed by atoms with Crippen LogP contribution >= 0.6 is 62.6 Å². The molecule has 3 saturated heterocycles. The Morgan fingerprint density at radius 3 is 1.44 bits per heavy atom. The summed E-state index contributed by atoms with van der Waals surface area (Å²) in [5, 5.41) is 65.9. The van der Waals surface area contributed by atoms with Crippen LogP contribution in [0, 0.1) is 0 Å². The number of aliphatic hydroxyl groups excluding tert-OH is 6. The van der Waals surface area contributed by atoms with Gasteiger partial charge >= 0.3 is 68.3 Å². The van der Waals surface area contributed by atoms with Crippen LogP contribution in [0.3, 0.4) is 0 Å². The van der Waals surface area contributed by atoms with Crippen molar-refractivity contribution in [2.75, 3.05) is 31.3 Å². The number of aliphatic hydroxyl groups is 6. The van der Waals surface area contributed by atoms with Crippen molar-refractivity contribution in [2.24, 2.45) is 0 Å². The fraction of sp³-hybridized carbons (Fsp3) is 0.517. The third-order valence-corrected chi connectivity index (χ3v) is 24.0. The minimum Gasteiger partial charge on any atom is -0.387 e. The molecule has 86 heavy (non-hydrogen) atoms. The van der Waals surface area contributed by atoms with Crippen molar-refractivity contribution in [1.82, 2.24) is 48.6 Å². The maximum absolute atomic E-state index is 14.9. The van der Waals surface area contributed by atoms with Gasteiger partial charge in [0.25, 0.3) is 11.1 Å². The lowest BCUT2D eigenvalue weighted by Gasteiger charge is -2.28. The fourth-order valence-electron chi connectivity index (χ4n) is 7.73. The first-order valence-corrected chi connectivity index (χ1v) is 34.4. The molecule has 3 aliphatic heterocycles. The number of anilines is 2. The van der Waals surface area contributed by atoms with Gasteiger partial charge in [0.15, 0.2) is 41.3 Å². The van der Waals surface area contributed by atoms with E-state index in [4.69, 9.17) is 53.3 Å². The Morgan fingerprint density at radius 1 is 0.500 bits per heavy atom. The molecule has 480 valence electrons. The predicted molar refractivity (Wildman–Crippen MR) is 263 cm³/mol. The molecule has 0 radical (unpaired) electrons. The summed E-state index contributed by atoms with van der Waals surface area (Å²) in [6.07, 6.45) is -22.1. The lowest BCUT2D eigenvalue weighted by atomic mass is 10.1. The number of aromatic amines is 2. The average Bonchev–Trinajstić information content (AvgIpc) is 3.44. The van der Waals surface area contributed by atoms with Crippen molar-refractivity contribution in [3.05, 3.63) is 62.4 Å². The van der Waals surface area contributed by atoms with Crippen LogP contribution in [0.5, 0.6) is 0 Å². The molecule has 0 saturated carbocycles. The largest absolute Gasteiger partial charge is 0.501 e. The summed E-state index contributed by atoms with van der Waals surface area (Å²) in [5.41, 5.74) is 7.08. The smallest absolute Gasteiger partial charge is 0.387 e. The highest BCUT2D eigenvalue weighted by Gasteiger charge is 2.57. The van der Waals surface area contributed by atoms with E-state index in [1.165, 1.54) is 0 Å². The van der Waals surface area contributed by atoms with Gasteiger partial charge < -0.3 is 90.6 Å². The van der Waals surface area contributed by atoms with Crippen molar-refractivity contribution in [2.45, 2.75) is 73.6 Å². The van der Waals surface area contributed by atoms with Gasteiger partial charge in [0.1, 0.15) is 66.8 Å². The van der Waals surface area contributed by atoms with Crippen LogP contribution in [0.25, 0.3) is 22.3 Å². The summed E-state index contributed by atoms with van der Waals surface area (Å²) in [5.74, 6) is -0.735. The molecule has 5 aromatic rings. The number of nitrogens with two attached hydrogens (primary N) is 2. The zero-order valence-corrected chi connectivity index (χ0v) is 48.5. The molecule has 0 aliphatic carbocycles. The number of imidazole rings is 2. The van der Waals surface area contributed by atoms with Gasteiger partial charge in [-0.15, -0.1) is 0 Å². The molecule has 6 unspecified atom stereocenters. The lowest BCUT2D eigenvalue weighted by Crippen LogP contribution is -2.37. The van der Waals surface area contributed by atoms with E-state index in [0.29, 0.717) is 4.57 Å². The van der Waals surface area contributed by atoms with E-state index >= 15 is 0 Å². The van der Waals surface area contributed by atoms with Crippen LogP contribution in [0.1, 0.15) is 18.7 Å². The number of hydrogen-bond acceptors (Lipinski definition) is 37. The highest BCUT2D eigenvalue weighted by molar-refractivity contribution is 7.75. The quantitative estimate of drug-likeness (QED) is 0.0232. The van der Waals surface area contributed by atoms with Crippen molar-refractivity contribution < 1.29 is 159 Å². The van der Waals surface area contributed by atoms with Crippen LogP contribution in [-0.2, 0) is 94.5 Å². The average molecular weight is 1400 g/mol. The molecule has 0 spiro atoms. The van der Waals surface area contributed by atoms with E-state index < -0.39 is 190 Å². The number of H-pyrrole nitrogens is 2. The first-order chi connectivity index (χ1) is 39.6. The standard InChI is InChI=1S/C29H42N12O37P8/c30-21-13-22(33-6-32-21)40(7-34-13)26-19(47)16(44)10(70-26)4-67-84(63,66-3-9-15(43)18(46)25(69-9)39-2-1-12(42)36-29(39)50)77-86(65,73-80(54,55)56)78-85(64,76-83(61,62)75-82(59,60)74-81(57,58)72-79(51,52)53)68-5-11-17(45)20(48)27(71-11)41-8-35-14-23(41)37-28(31)38-24(14)49/h1-2,6-11,15-20,25-27,43-48H,3-5H2,(H,57,58)(H,59,60)(H,61,62)(H2,30,32,33)(H,36,42,50)(H2,51,52,53)(H2,54,55,56)(H3,31,37,38,49)/t9-,10-,11-,15-,16-,17-,18-,19-,20-,25-,26-,27-,84?,85?,86?/m1/s1. The Morgan fingerprint density at radius 2 is 0.942 bits per heavy atom. The third-order valence-electron chi connectivity index (χ3n) is 11.1. The molecule has 0 amide bonds. The number of phosphoric acid groups is 8. The molecular weight excluding hydrogens is 1360 g/mol. The van der Waals surface area contributed by atoms with Gasteiger partial charge in [-0.2, -0.15) is 35.2 Å². The van der Waals surface area contributed by atoms with Gasteiger partial charge in [0.05, 0.1) is 32.5 Å². The monoisotopic (exact) mass is 1400 g/mol. The predicted octanol–water partition coefficient (Wildman–Crippen LogP) is -4.49. The van der Waals surface area contributed by atoms with Crippen molar-refractivity contribution in [3.63, 3.8) is 0 Å². The Labute approximate surface area is 471 Å². The summed E-state index contributed by atoms with van der Waals surface area (Å²) in [6, 6.07) is 0.745. The van der Waals surface area contributed by atoms with Crippen LogP contribution in [0.4, 0.5) is 11.8 Å². The number of nitrogens with one attached hydrogen (secondary N) is 2. The Hall–Kier alpha value is -4.02. The fourth-order valence-corrected chi connectivity index (χ4v) is 19.4. The highest BCUT2D eigenvalue weighted by atomic mass is 31.3. The maximum Gasteiger partial charge on any atom is 0.501 e. The number of nitrogens with zero attached hydrogens (tertiary/aromatic N) is 8. The first kappa shape index (κ1) is 67.9. The van der Waals surface area contributed by atoms with E-state index in [1.54, 1.807) is 4.98 Å².